The predicted octanol–water partition coefficient (Wildman–Crippen LogP) is 2.50. The average molecular weight is 428 g/mol. The summed E-state index contributed by atoms with van der Waals surface area (Å²) >= 11 is 0. The molecule has 0 fully saturated rings. The number of nitrogens with one attached hydrogen (secondary N) is 3. The summed E-state index contributed by atoms with van der Waals surface area (Å²) in [4.78, 5) is 31.6. The summed E-state index contributed by atoms with van der Waals surface area (Å²) in [5.74, 6) is 1.75. The first-order valence-corrected chi connectivity index (χ1v) is 9.43. The number of hydrogen-bond donors (Lipinski definition) is 3. The van der Waals surface area contributed by atoms with Gasteiger partial charge < -0.3 is 19.5 Å². The standard InChI is InChI=1S/C20H24N6O5/c1-6-12-10-17(27)24-19(21-12)26-16(7-11(2)25-26)23-20(28)22-13-8-14(29-3)18(31-5)15(9-13)30-4/h7-10H,6H2,1-5H3,(H,21,24,27)(H2,22,23,28). The van der Waals surface area contributed by atoms with Crippen molar-refractivity contribution in [1.82, 2.24) is 19.7 Å². The lowest BCUT2D eigenvalue weighted by atomic mass is 10.2. The average Bonchev–Trinajstić information content (AvgIpc) is 3.12. The highest BCUT2D eigenvalue weighted by molar-refractivity contribution is 5.99. The van der Waals surface area contributed by atoms with E-state index in [9.17, 15) is 9.59 Å². The number of amides is 2. The molecule has 0 aliphatic carbocycles. The monoisotopic (exact) mass is 428 g/mol. The summed E-state index contributed by atoms with van der Waals surface area (Å²) in [7, 11) is 4.47. The number of aromatic amines is 1. The van der Waals surface area contributed by atoms with Gasteiger partial charge in [-0.1, -0.05) is 6.92 Å². The summed E-state index contributed by atoms with van der Waals surface area (Å²) in [6.45, 7) is 3.66. The van der Waals surface area contributed by atoms with Gasteiger partial charge >= 0.3 is 6.03 Å². The predicted molar refractivity (Wildman–Crippen MR) is 115 cm³/mol. The number of carbonyl (C=O) groups is 1. The van der Waals surface area contributed by atoms with E-state index >= 15 is 0 Å². The number of benzene rings is 1. The highest BCUT2D eigenvalue weighted by Crippen LogP contribution is 2.39. The second-order valence-electron chi connectivity index (χ2n) is 6.49. The molecule has 0 unspecified atom stereocenters. The quantitative estimate of drug-likeness (QED) is 0.527. The number of hydrogen-bond acceptors (Lipinski definition) is 7. The fourth-order valence-corrected chi connectivity index (χ4v) is 2.96. The van der Waals surface area contributed by atoms with Crippen LogP contribution < -0.4 is 30.4 Å². The molecule has 0 spiro atoms. The number of urea groups is 1. The smallest absolute Gasteiger partial charge is 0.324 e. The molecule has 0 atom stereocenters. The maximum atomic E-state index is 12.6. The first-order valence-electron chi connectivity index (χ1n) is 9.43. The number of rotatable bonds is 7. The summed E-state index contributed by atoms with van der Waals surface area (Å²) < 4.78 is 17.2. The van der Waals surface area contributed by atoms with Crippen LogP contribution in [0.5, 0.6) is 17.2 Å². The van der Waals surface area contributed by atoms with Crippen molar-refractivity contribution in [3.05, 3.63) is 46.0 Å². The second-order valence-corrected chi connectivity index (χ2v) is 6.49. The van der Waals surface area contributed by atoms with Crippen LogP contribution in [0.1, 0.15) is 18.3 Å². The molecule has 2 heterocycles. The highest BCUT2D eigenvalue weighted by atomic mass is 16.5. The van der Waals surface area contributed by atoms with Gasteiger partial charge in [0.2, 0.25) is 11.7 Å². The number of aryl methyl sites for hydroxylation is 2. The first kappa shape index (κ1) is 21.7. The Balaban J connectivity index is 1.87. The van der Waals surface area contributed by atoms with Crippen molar-refractivity contribution >= 4 is 17.5 Å². The van der Waals surface area contributed by atoms with Gasteiger partial charge in [-0.15, -0.1) is 0 Å². The normalized spacial score (nSPS) is 10.5. The van der Waals surface area contributed by atoms with E-state index in [1.165, 1.54) is 32.1 Å². The minimum atomic E-state index is -0.538. The Morgan fingerprint density at radius 3 is 2.32 bits per heavy atom. The Bertz CT molecular complexity index is 1130. The molecule has 164 valence electrons. The first-order chi connectivity index (χ1) is 14.9. The number of ether oxygens (including phenoxy) is 3. The summed E-state index contributed by atoms with van der Waals surface area (Å²) in [6, 6.07) is 5.75. The molecule has 2 aromatic heterocycles. The minimum Gasteiger partial charge on any atom is -0.493 e. The van der Waals surface area contributed by atoms with Crippen LogP contribution >= 0.6 is 0 Å². The third kappa shape index (κ3) is 4.77. The molecule has 31 heavy (non-hydrogen) atoms. The third-order valence-corrected chi connectivity index (χ3v) is 4.34. The number of carbonyl (C=O) groups excluding carboxylic acids is 1. The van der Waals surface area contributed by atoms with Crippen molar-refractivity contribution in [2.24, 2.45) is 0 Å². The van der Waals surface area contributed by atoms with Crippen LogP contribution in [-0.4, -0.2) is 47.1 Å². The maximum absolute atomic E-state index is 12.6. The summed E-state index contributed by atoms with van der Waals surface area (Å²) in [6.07, 6.45) is 0.585. The van der Waals surface area contributed by atoms with E-state index in [-0.39, 0.29) is 11.5 Å². The van der Waals surface area contributed by atoms with Gasteiger partial charge in [0.1, 0.15) is 5.82 Å². The topological polar surface area (TPSA) is 132 Å². The fraction of sp³-hybridized carbons (Fsp3) is 0.300. The molecule has 0 saturated carbocycles. The molecule has 0 aliphatic heterocycles. The number of anilines is 2. The van der Waals surface area contributed by atoms with Gasteiger partial charge in [0.15, 0.2) is 11.5 Å². The van der Waals surface area contributed by atoms with Crippen molar-refractivity contribution in [3.63, 3.8) is 0 Å². The largest absolute Gasteiger partial charge is 0.493 e. The molecule has 11 heteroatoms. The molecule has 2 amide bonds. The van der Waals surface area contributed by atoms with Crippen LogP contribution in [0, 0.1) is 6.92 Å². The van der Waals surface area contributed by atoms with E-state index in [2.05, 4.69) is 25.7 Å². The minimum absolute atomic E-state index is 0.209. The van der Waals surface area contributed by atoms with Crippen molar-refractivity contribution in [2.45, 2.75) is 20.3 Å². The highest BCUT2D eigenvalue weighted by Gasteiger charge is 2.17. The van der Waals surface area contributed by atoms with E-state index in [1.807, 2.05) is 6.92 Å². The number of methoxy groups -OCH3 is 3. The van der Waals surface area contributed by atoms with E-state index in [0.717, 1.165) is 0 Å². The van der Waals surface area contributed by atoms with Crippen molar-refractivity contribution < 1.29 is 19.0 Å². The molecular weight excluding hydrogens is 404 g/mol. The van der Waals surface area contributed by atoms with Gasteiger partial charge in [0, 0.05) is 30.0 Å². The molecule has 3 rings (SSSR count). The van der Waals surface area contributed by atoms with E-state index < -0.39 is 6.03 Å². The van der Waals surface area contributed by atoms with Gasteiger partial charge in [0.05, 0.1) is 32.7 Å². The second kappa shape index (κ2) is 9.20. The van der Waals surface area contributed by atoms with Crippen LogP contribution in [0.15, 0.2) is 29.1 Å². The summed E-state index contributed by atoms with van der Waals surface area (Å²) in [5.41, 5.74) is 1.37. The van der Waals surface area contributed by atoms with Crippen LogP contribution in [0.25, 0.3) is 5.95 Å². The van der Waals surface area contributed by atoms with Gasteiger partial charge in [-0.3, -0.25) is 15.1 Å². The van der Waals surface area contributed by atoms with Gasteiger partial charge in [-0.25, -0.2) is 9.78 Å². The molecule has 11 nitrogen and oxygen atoms in total. The zero-order chi connectivity index (χ0) is 22.5. The van der Waals surface area contributed by atoms with E-state index in [4.69, 9.17) is 14.2 Å². The lowest BCUT2D eigenvalue weighted by Gasteiger charge is -2.15. The fourth-order valence-electron chi connectivity index (χ4n) is 2.96. The number of nitrogens with zero attached hydrogens (tertiary/aromatic N) is 3. The number of H-pyrrole nitrogens is 1. The van der Waals surface area contributed by atoms with Gasteiger partial charge in [-0.2, -0.15) is 9.78 Å². The Labute approximate surface area is 178 Å². The maximum Gasteiger partial charge on any atom is 0.324 e. The Morgan fingerprint density at radius 2 is 1.74 bits per heavy atom. The lowest BCUT2D eigenvalue weighted by molar-refractivity contribution is 0.262. The molecule has 0 radical (unpaired) electrons. The van der Waals surface area contributed by atoms with E-state index in [1.54, 1.807) is 25.1 Å². The van der Waals surface area contributed by atoms with Gasteiger partial charge in [0.25, 0.3) is 5.56 Å². The van der Waals surface area contributed by atoms with Crippen LogP contribution in [0.2, 0.25) is 0 Å². The molecule has 0 bridgehead atoms. The van der Waals surface area contributed by atoms with Gasteiger partial charge in [-0.05, 0) is 13.3 Å². The molecular formula is C20H24N6O5. The van der Waals surface area contributed by atoms with Crippen molar-refractivity contribution in [1.29, 1.82) is 0 Å². The number of aromatic nitrogens is 4. The van der Waals surface area contributed by atoms with Crippen LogP contribution in [-0.2, 0) is 6.42 Å². The molecule has 1 aromatic carbocycles. The zero-order valence-corrected chi connectivity index (χ0v) is 17.9. The third-order valence-electron chi connectivity index (χ3n) is 4.34. The summed E-state index contributed by atoms with van der Waals surface area (Å²) in [5, 5.41) is 9.75. The Morgan fingerprint density at radius 1 is 1.06 bits per heavy atom. The Kier molecular flexibility index (Phi) is 6.43. The molecule has 0 saturated heterocycles. The zero-order valence-electron chi connectivity index (χ0n) is 17.9. The molecule has 3 aromatic rings. The SMILES string of the molecule is CCc1cc(=O)[nH]c(-n2nc(C)cc2NC(=O)Nc2cc(OC)c(OC)c(OC)c2)n1. The van der Waals surface area contributed by atoms with Crippen LogP contribution in [0.4, 0.5) is 16.3 Å². The molecule has 3 N–H and O–H groups in total. The van der Waals surface area contributed by atoms with Crippen molar-refractivity contribution in [3.8, 4) is 23.2 Å². The Hall–Kier alpha value is -4.02. The van der Waals surface area contributed by atoms with Crippen molar-refractivity contribution in [2.75, 3.05) is 32.0 Å². The molecule has 0 aliphatic rings. The lowest BCUT2D eigenvalue weighted by Crippen LogP contribution is -2.23. The van der Waals surface area contributed by atoms with E-state index in [0.29, 0.717) is 46.6 Å². The van der Waals surface area contributed by atoms with Crippen LogP contribution in [0.3, 0.4) is 0 Å².